The highest BCUT2D eigenvalue weighted by atomic mass is 32.2. The summed E-state index contributed by atoms with van der Waals surface area (Å²) in [7, 11) is -5.75. The number of sulfonamides is 1. The molecule has 1 saturated heterocycles. The van der Waals surface area contributed by atoms with E-state index in [1.807, 2.05) is 0 Å². The van der Waals surface area contributed by atoms with E-state index in [0.717, 1.165) is 6.42 Å². The Bertz CT molecular complexity index is 1110. The molecule has 1 aliphatic carbocycles. The van der Waals surface area contributed by atoms with Gasteiger partial charge in [0.25, 0.3) is 0 Å². The van der Waals surface area contributed by atoms with Crippen LogP contribution in [-0.2, 0) is 25.9 Å². The van der Waals surface area contributed by atoms with E-state index in [1.165, 1.54) is 0 Å². The third kappa shape index (κ3) is 4.34. The highest BCUT2D eigenvalue weighted by Crippen LogP contribution is 2.52. The monoisotopic (exact) mass is 495 g/mol. The van der Waals surface area contributed by atoms with Gasteiger partial charge < -0.3 is 10.6 Å². The molecule has 2 aromatic carbocycles. The zero-order valence-corrected chi connectivity index (χ0v) is 19.4. The summed E-state index contributed by atoms with van der Waals surface area (Å²) in [6.07, 6.45) is 2.85. The van der Waals surface area contributed by atoms with Crippen molar-refractivity contribution >= 4 is 15.9 Å². The molecule has 1 saturated carbocycles. The van der Waals surface area contributed by atoms with Crippen LogP contribution in [0.15, 0.2) is 60.7 Å². The Balaban J connectivity index is 1.96. The number of carbonyl (C=O) groups excluding carboxylic acids is 1. The van der Waals surface area contributed by atoms with Crippen molar-refractivity contribution in [2.45, 2.75) is 61.2 Å². The van der Waals surface area contributed by atoms with Gasteiger partial charge in [-0.2, -0.15) is 17.9 Å². The molecule has 2 fully saturated rings. The molecule has 0 bridgehead atoms. The maximum Gasteiger partial charge on any atom is 0.511 e. The highest BCUT2D eigenvalue weighted by molar-refractivity contribution is 7.90. The predicted molar refractivity (Wildman–Crippen MR) is 122 cm³/mol. The van der Waals surface area contributed by atoms with Crippen molar-refractivity contribution < 1.29 is 26.4 Å². The number of alkyl halides is 3. The van der Waals surface area contributed by atoms with E-state index in [-0.39, 0.29) is 18.7 Å². The summed E-state index contributed by atoms with van der Waals surface area (Å²) in [6, 6.07) is 16.5. The van der Waals surface area contributed by atoms with E-state index in [1.54, 1.807) is 60.7 Å². The van der Waals surface area contributed by atoms with E-state index in [9.17, 15) is 26.4 Å². The van der Waals surface area contributed by atoms with Crippen LogP contribution in [0.3, 0.4) is 0 Å². The lowest BCUT2D eigenvalue weighted by Crippen LogP contribution is -2.70. The Labute approximate surface area is 197 Å². The number of carbonyl (C=O) groups is 1. The van der Waals surface area contributed by atoms with Crippen LogP contribution in [0.25, 0.3) is 0 Å². The summed E-state index contributed by atoms with van der Waals surface area (Å²) in [5.41, 5.74) is -7.78. The molecule has 6 nitrogen and oxygen atoms in total. The first-order chi connectivity index (χ1) is 16.1. The molecule has 2 aliphatic rings. The molecule has 34 heavy (non-hydrogen) atoms. The van der Waals surface area contributed by atoms with Gasteiger partial charge in [0.2, 0.25) is 5.91 Å². The maximum absolute atomic E-state index is 13.7. The maximum atomic E-state index is 13.7. The van der Waals surface area contributed by atoms with Crippen LogP contribution in [0, 0.1) is 0 Å². The van der Waals surface area contributed by atoms with Crippen LogP contribution in [-0.4, -0.2) is 32.4 Å². The Hall–Kier alpha value is -2.43. The Morgan fingerprint density at radius 1 is 0.882 bits per heavy atom. The van der Waals surface area contributed by atoms with Gasteiger partial charge in [-0.3, -0.25) is 4.79 Å². The molecule has 1 heterocycles. The predicted octanol–water partition coefficient (Wildman–Crippen LogP) is 3.66. The van der Waals surface area contributed by atoms with Gasteiger partial charge in [0.15, 0.2) is 0 Å². The summed E-state index contributed by atoms with van der Waals surface area (Å²) < 4.78 is 68.3. The summed E-state index contributed by atoms with van der Waals surface area (Å²) in [4.78, 5) is 13.4. The van der Waals surface area contributed by atoms with Crippen molar-refractivity contribution in [3.63, 3.8) is 0 Å². The standard InChI is InChI=1S/C24H28F3N3O3S/c25-24(26,27)34(32,33)30-23(19-12-5-2-6-13-19)16-8-7-15-22(23,18-10-3-1-4-11-18)29-21(31)20-14-9-17-28-20/h1-6,10-13,20,28,30H,7-9,14-17H2,(H,29,31)/t20-,22-,23-/m1/s1. The van der Waals surface area contributed by atoms with Gasteiger partial charge in [-0.25, -0.2) is 8.42 Å². The van der Waals surface area contributed by atoms with E-state index >= 15 is 0 Å². The lowest BCUT2D eigenvalue weighted by atomic mass is 9.61. The topological polar surface area (TPSA) is 87.3 Å². The largest absolute Gasteiger partial charge is 0.511 e. The lowest BCUT2D eigenvalue weighted by molar-refractivity contribution is -0.127. The quantitative estimate of drug-likeness (QED) is 0.571. The van der Waals surface area contributed by atoms with Crippen LogP contribution in [0.4, 0.5) is 13.2 Å². The van der Waals surface area contributed by atoms with Gasteiger partial charge in [0, 0.05) is 0 Å². The average Bonchev–Trinajstić information content (AvgIpc) is 3.36. The Morgan fingerprint density at radius 3 is 1.91 bits per heavy atom. The molecule has 10 heteroatoms. The van der Waals surface area contributed by atoms with Gasteiger partial charge in [-0.1, -0.05) is 73.5 Å². The van der Waals surface area contributed by atoms with Crippen molar-refractivity contribution in [2.75, 3.05) is 6.54 Å². The lowest BCUT2D eigenvalue weighted by Gasteiger charge is -2.55. The molecule has 0 radical (unpaired) electrons. The minimum atomic E-state index is -5.75. The molecular formula is C24H28F3N3O3S. The number of benzene rings is 2. The average molecular weight is 496 g/mol. The smallest absolute Gasteiger partial charge is 0.343 e. The number of amides is 1. The van der Waals surface area contributed by atoms with Gasteiger partial charge in [0.1, 0.15) is 0 Å². The molecule has 184 valence electrons. The first kappa shape index (κ1) is 24.7. The van der Waals surface area contributed by atoms with Crippen LogP contribution in [0.5, 0.6) is 0 Å². The van der Waals surface area contributed by atoms with E-state index < -0.39 is 32.7 Å². The fourth-order valence-corrected chi connectivity index (χ4v) is 6.33. The van der Waals surface area contributed by atoms with E-state index in [0.29, 0.717) is 36.9 Å². The third-order valence-corrected chi connectivity index (χ3v) is 8.17. The molecule has 3 N–H and O–H groups in total. The van der Waals surface area contributed by atoms with Gasteiger partial charge in [-0.05, 0) is 43.4 Å². The highest BCUT2D eigenvalue weighted by Gasteiger charge is 2.61. The molecule has 3 atom stereocenters. The third-order valence-electron chi connectivity index (χ3n) is 6.94. The summed E-state index contributed by atoms with van der Waals surface area (Å²) in [5, 5.41) is 6.18. The second-order valence-electron chi connectivity index (χ2n) is 8.94. The molecular weight excluding hydrogens is 467 g/mol. The summed E-state index contributed by atoms with van der Waals surface area (Å²) in [6.45, 7) is 0.668. The first-order valence-corrected chi connectivity index (χ1v) is 12.9. The molecule has 2 aromatic rings. The van der Waals surface area contributed by atoms with Crippen LogP contribution < -0.4 is 15.4 Å². The summed E-state index contributed by atoms with van der Waals surface area (Å²) >= 11 is 0. The van der Waals surface area contributed by atoms with Crippen molar-refractivity contribution in [1.29, 1.82) is 0 Å². The zero-order chi connectivity index (χ0) is 24.5. The van der Waals surface area contributed by atoms with Gasteiger partial charge >= 0.3 is 15.5 Å². The zero-order valence-electron chi connectivity index (χ0n) is 18.6. The number of hydrogen-bond donors (Lipinski definition) is 3. The van der Waals surface area contributed by atoms with Crippen molar-refractivity contribution in [1.82, 2.24) is 15.4 Å². The minimum absolute atomic E-state index is 0.0829. The normalized spacial score (nSPS) is 27.9. The van der Waals surface area contributed by atoms with E-state index in [2.05, 4.69) is 15.4 Å². The number of hydrogen-bond acceptors (Lipinski definition) is 4. The van der Waals surface area contributed by atoms with Crippen LogP contribution >= 0.6 is 0 Å². The molecule has 0 spiro atoms. The fourth-order valence-electron chi connectivity index (χ4n) is 5.37. The number of nitrogens with one attached hydrogen (secondary N) is 3. The first-order valence-electron chi connectivity index (χ1n) is 11.4. The second-order valence-corrected chi connectivity index (χ2v) is 10.6. The molecule has 0 aromatic heterocycles. The van der Waals surface area contributed by atoms with Crippen LogP contribution in [0.2, 0.25) is 0 Å². The summed E-state index contributed by atoms with van der Waals surface area (Å²) in [5.74, 6) is -0.352. The van der Waals surface area contributed by atoms with Crippen molar-refractivity contribution in [3.8, 4) is 0 Å². The molecule has 1 aliphatic heterocycles. The Kier molecular flexibility index (Phi) is 6.76. The SMILES string of the molecule is O=C(N[C@@]1(c2ccccc2)CCCC[C@@]1(NS(=O)(=O)C(F)(F)F)c1ccccc1)[C@H]1CCCN1. The molecule has 4 rings (SSSR count). The Morgan fingerprint density at radius 2 is 1.41 bits per heavy atom. The van der Waals surface area contributed by atoms with Crippen molar-refractivity contribution in [2.24, 2.45) is 0 Å². The van der Waals surface area contributed by atoms with Crippen molar-refractivity contribution in [3.05, 3.63) is 71.8 Å². The molecule has 1 amide bonds. The van der Waals surface area contributed by atoms with Crippen LogP contribution in [0.1, 0.15) is 49.7 Å². The second kappa shape index (κ2) is 9.31. The fraction of sp³-hybridized carbons (Fsp3) is 0.458. The van der Waals surface area contributed by atoms with Gasteiger partial charge in [0.05, 0.1) is 17.1 Å². The minimum Gasteiger partial charge on any atom is -0.343 e. The van der Waals surface area contributed by atoms with Gasteiger partial charge in [-0.15, -0.1) is 0 Å². The molecule has 0 unspecified atom stereocenters. The number of halogens is 3. The van der Waals surface area contributed by atoms with E-state index in [4.69, 9.17) is 0 Å². The number of rotatable bonds is 6.